The number of aliphatic hydroxyl groups is 2. The van der Waals surface area contributed by atoms with Gasteiger partial charge in [-0.3, -0.25) is 9.59 Å². The Morgan fingerprint density at radius 1 is 1.29 bits per heavy atom. The van der Waals surface area contributed by atoms with Crippen molar-refractivity contribution in [1.82, 2.24) is 14.9 Å². The molecule has 3 aromatic rings. The molecular formula is C28H28FN3O6. The van der Waals surface area contributed by atoms with Gasteiger partial charge < -0.3 is 24.8 Å². The highest BCUT2D eigenvalue weighted by molar-refractivity contribution is 5.91. The van der Waals surface area contributed by atoms with E-state index >= 15 is 0 Å². The molecule has 1 saturated carbocycles. The van der Waals surface area contributed by atoms with E-state index in [9.17, 15) is 29.0 Å². The van der Waals surface area contributed by atoms with Crippen LogP contribution >= 0.6 is 0 Å². The zero-order chi connectivity index (χ0) is 27.1. The second-order valence-corrected chi connectivity index (χ2v) is 10.6. The van der Waals surface area contributed by atoms with Gasteiger partial charge in [0.15, 0.2) is 5.60 Å². The zero-order valence-corrected chi connectivity index (χ0v) is 21.3. The fourth-order valence-corrected chi connectivity index (χ4v) is 5.73. The van der Waals surface area contributed by atoms with Crippen molar-refractivity contribution in [1.29, 1.82) is 0 Å². The molecule has 6 rings (SSSR count). The SMILES string of the molecule is CC[C@@]1(O)C(=O)OCc2c1cc1n(c2=O)Cc2c-1nc1cc(F)c(C)cc1c2[C@H](C)NC(=O)[C@@H](O)C1CC1. The second kappa shape index (κ2) is 8.44. The Morgan fingerprint density at radius 3 is 2.71 bits per heavy atom. The summed E-state index contributed by atoms with van der Waals surface area (Å²) in [6.07, 6.45) is 0.512. The van der Waals surface area contributed by atoms with E-state index in [1.807, 2.05) is 0 Å². The number of nitrogens with one attached hydrogen (secondary N) is 1. The first kappa shape index (κ1) is 24.7. The number of esters is 1. The van der Waals surface area contributed by atoms with E-state index in [1.54, 1.807) is 32.9 Å². The number of cyclic esters (lactones) is 1. The number of hydrogen-bond donors (Lipinski definition) is 3. The minimum Gasteiger partial charge on any atom is -0.458 e. The Hall–Kier alpha value is -3.63. The number of fused-ring (bicyclic) bond motifs is 5. The van der Waals surface area contributed by atoms with Crippen LogP contribution < -0.4 is 10.9 Å². The number of aryl methyl sites for hydroxylation is 1. The van der Waals surface area contributed by atoms with Crippen molar-refractivity contribution in [3.63, 3.8) is 0 Å². The van der Waals surface area contributed by atoms with Gasteiger partial charge in [0.25, 0.3) is 5.56 Å². The van der Waals surface area contributed by atoms with Crippen LogP contribution in [0.2, 0.25) is 0 Å². The van der Waals surface area contributed by atoms with Crippen LogP contribution in [-0.2, 0) is 33.1 Å². The number of carbonyl (C=O) groups is 2. The number of halogens is 1. The molecule has 0 spiro atoms. The number of benzene rings is 1. The van der Waals surface area contributed by atoms with Gasteiger partial charge in [0.1, 0.15) is 18.5 Å². The van der Waals surface area contributed by atoms with Crippen LogP contribution in [0, 0.1) is 18.7 Å². The van der Waals surface area contributed by atoms with Gasteiger partial charge in [0.2, 0.25) is 5.91 Å². The van der Waals surface area contributed by atoms with Crippen LogP contribution in [0.1, 0.15) is 67.0 Å². The Bertz CT molecular complexity index is 1610. The smallest absolute Gasteiger partial charge is 0.343 e. The van der Waals surface area contributed by atoms with Gasteiger partial charge in [-0.15, -0.1) is 0 Å². The van der Waals surface area contributed by atoms with Crippen molar-refractivity contribution in [2.45, 2.75) is 70.9 Å². The molecule has 9 nitrogen and oxygen atoms in total. The van der Waals surface area contributed by atoms with Gasteiger partial charge in [-0.05, 0) is 62.3 Å². The first-order chi connectivity index (χ1) is 18.0. The molecule has 3 aliphatic rings. The first-order valence-electron chi connectivity index (χ1n) is 12.8. The quantitative estimate of drug-likeness (QED) is 0.344. The Labute approximate surface area is 217 Å². The van der Waals surface area contributed by atoms with Crippen molar-refractivity contribution < 1.29 is 28.9 Å². The summed E-state index contributed by atoms with van der Waals surface area (Å²) in [5, 5.41) is 25.0. The summed E-state index contributed by atoms with van der Waals surface area (Å²) in [5.41, 5.74) is 0.913. The molecule has 3 N–H and O–H groups in total. The Kier molecular flexibility index (Phi) is 5.48. The van der Waals surface area contributed by atoms with Crippen molar-refractivity contribution in [2.75, 3.05) is 0 Å². The summed E-state index contributed by atoms with van der Waals surface area (Å²) in [7, 11) is 0. The molecule has 0 radical (unpaired) electrons. The van der Waals surface area contributed by atoms with Gasteiger partial charge in [0, 0.05) is 22.6 Å². The van der Waals surface area contributed by atoms with E-state index in [-0.39, 0.29) is 36.6 Å². The van der Waals surface area contributed by atoms with Crippen LogP contribution in [0.25, 0.3) is 22.3 Å². The number of pyridine rings is 2. The maximum Gasteiger partial charge on any atom is 0.343 e. The molecule has 2 aromatic heterocycles. The van der Waals surface area contributed by atoms with E-state index in [0.29, 0.717) is 39.0 Å². The third kappa shape index (κ3) is 3.50. The number of ether oxygens (including phenoxy) is 1. The summed E-state index contributed by atoms with van der Waals surface area (Å²) in [4.78, 5) is 43.6. The standard InChI is InChI=1S/C28H28FN3O6/c1-4-28(37)18-8-21-23-16(10-32(21)26(35)17(18)11-38-27(28)36)22(13(3)30-25(34)24(33)14-5-6-14)15-7-12(2)19(29)9-20(15)31-23/h7-9,13-14,24,33,37H,4-6,10-11H2,1-3H3,(H,30,34)/t13-,24-,28-/m0/s1. The maximum atomic E-state index is 14.6. The highest BCUT2D eigenvalue weighted by Crippen LogP contribution is 2.42. The Balaban J connectivity index is 1.56. The fraction of sp³-hybridized carbons (Fsp3) is 0.429. The molecule has 1 amide bonds. The number of carbonyl (C=O) groups excluding carboxylic acids is 2. The van der Waals surface area contributed by atoms with Crippen LogP contribution in [-0.4, -0.2) is 37.7 Å². The summed E-state index contributed by atoms with van der Waals surface area (Å²) in [5.74, 6) is -1.79. The molecule has 1 fully saturated rings. The summed E-state index contributed by atoms with van der Waals surface area (Å²) in [6.45, 7) is 4.94. The van der Waals surface area contributed by atoms with Crippen LogP contribution in [0.4, 0.5) is 4.39 Å². The molecule has 0 bridgehead atoms. The topological polar surface area (TPSA) is 131 Å². The van der Waals surface area contributed by atoms with E-state index in [1.165, 1.54) is 10.6 Å². The van der Waals surface area contributed by atoms with Gasteiger partial charge in [-0.2, -0.15) is 0 Å². The van der Waals surface area contributed by atoms with Crippen LogP contribution in [0.15, 0.2) is 23.0 Å². The van der Waals surface area contributed by atoms with E-state index < -0.39 is 41.0 Å². The molecular weight excluding hydrogens is 493 g/mol. The number of nitrogens with zero attached hydrogens (tertiary/aromatic N) is 2. The molecule has 198 valence electrons. The fourth-order valence-electron chi connectivity index (χ4n) is 5.73. The lowest BCUT2D eigenvalue weighted by Crippen LogP contribution is -2.44. The monoisotopic (exact) mass is 521 g/mol. The van der Waals surface area contributed by atoms with E-state index in [0.717, 1.165) is 12.8 Å². The molecule has 38 heavy (non-hydrogen) atoms. The summed E-state index contributed by atoms with van der Waals surface area (Å²) >= 11 is 0. The predicted molar refractivity (Wildman–Crippen MR) is 135 cm³/mol. The van der Waals surface area contributed by atoms with Crippen molar-refractivity contribution in [3.05, 3.63) is 62.2 Å². The molecule has 3 atom stereocenters. The molecule has 0 unspecified atom stereocenters. The minimum absolute atomic E-state index is 0.0157. The normalized spacial score (nSPS) is 21.4. The van der Waals surface area contributed by atoms with E-state index in [4.69, 9.17) is 9.72 Å². The largest absolute Gasteiger partial charge is 0.458 e. The maximum absolute atomic E-state index is 14.6. The Morgan fingerprint density at radius 2 is 2.03 bits per heavy atom. The number of rotatable bonds is 5. The van der Waals surface area contributed by atoms with Crippen LogP contribution in [0.3, 0.4) is 0 Å². The number of aliphatic hydroxyl groups excluding tert-OH is 1. The van der Waals surface area contributed by atoms with Gasteiger partial charge in [0.05, 0.1) is 35.1 Å². The lowest BCUT2D eigenvalue weighted by molar-refractivity contribution is -0.172. The number of aromatic nitrogens is 2. The second-order valence-electron chi connectivity index (χ2n) is 10.6. The highest BCUT2D eigenvalue weighted by Gasteiger charge is 2.45. The summed E-state index contributed by atoms with van der Waals surface area (Å²) in [6, 6.07) is 4.00. The van der Waals surface area contributed by atoms with Gasteiger partial charge >= 0.3 is 5.97 Å². The molecule has 10 heteroatoms. The molecule has 1 aliphatic carbocycles. The van der Waals surface area contributed by atoms with Gasteiger partial charge in [-0.1, -0.05) is 6.92 Å². The lowest BCUT2D eigenvalue weighted by atomic mass is 9.86. The average molecular weight is 522 g/mol. The average Bonchev–Trinajstić information content (AvgIpc) is 3.67. The number of amides is 1. The first-order valence-corrected chi connectivity index (χ1v) is 12.8. The summed E-state index contributed by atoms with van der Waals surface area (Å²) < 4.78 is 21.3. The van der Waals surface area contributed by atoms with Crippen LogP contribution in [0.5, 0.6) is 0 Å². The molecule has 0 saturated heterocycles. The molecule has 1 aromatic carbocycles. The van der Waals surface area contributed by atoms with E-state index in [2.05, 4.69) is 5.32 Å². The molecule has 2 aliphatic heterocycles. The van der Waals surface area contributed by atoms with Gasteiger partial charge in [-0.25, -0.2) is 14.2 Å². The number of hydrogen-bond acceptors (Lipinski definition) is 7. The third-order valence-electron chi connectivity index (χ3n) is 8.14. The third-order valence-corrected chi connectivity index (χ3v) is 8.14. The lowest BCUT2D eigenvalue weighted by Gasteiger charge is -2.31. The minimum atomic E-state index is -1.96. The zero-order valence-electron chi connectivity index (χ0n) is 21.3. The van der Waals surface area contributed by atoms with Crippen molar-refractivity contribution in [3.8, 4) is 11.4 Å². The van der Waals surface area contributed by atoms with Crippen molar-refractivity contribution in [2.24, 2.45) is 5.92 Å². The van der Waals surface area contributed by atoms with Crippen molar-refractivity contribution >= 4 is 22.8 Å². The molecule has 4 heterocycles. The highest BCUT2D eigenvalue weighted by atomic mass is 19.1. The predicted octanol–water partition coefficient (Wildman–Crippen LogP) is 2.48.